The molecule has 2 aromatic carbocycles. The number of nitrogens with zero attached hydrogens (tertiary/aromatic N) is 2. The first-order valence-electron chi connectivity index (χ1n) is 10.0. The predicted octanol–water partition coefficient (Wildman–Crippen LogP) is 3.79. The molecule has 10 heteroatoms. The van der Waals surface area contributed by atoms with E-state index in [1.54, 1.807) is 17.0 Å². The van der Waals surface area contributed by atoms with Crippen molar-refractivity contribution in [2.45, 2.75) is 23.8 Å². The van der Waals surface area contributed by atoms with Crippen LogP contribution in [0.25, 0.3) is 0 Å². The molecule has 0 unspecified atom stereocenters. The average molecular weight is 470 g/mol. The second-order valence-electron chi connectivity index (χ2n) is 7.78. The molecule has 1 aliphatic carbocycles. The molecule has 2 aliphatic rings. The van der Waals surface area contributed by atoms with Gasteiger partial charge in [-0.05, 0) is 54.7 Å². The molecule has 1 heterocycles. The molecule has 0 radical (unpaired) electrons. The van der Waals surface area contributed by atoms with Crippen LogP contribution in [0, 0.1) is 17.6 Å². The molecule has 1 saturated carbocycles. The summed E-state index contributed by atoms with van der Waals surface area (Å²) in [6, 6.07) is 9.28. The van der Waals surface area contributed by atoms with E-state index in [2.05, 4.69) is 5.32 Å². The van der Waals surface area contributed by atoms with E-state index >= 15 is 0 Å². The number of benzene rings is 2. The molecule has 1 aliphatic heterocycles. The largest absolute Gasteiger partial charge is 0.331 e. The van der Waals surface area contributed by atoms with Crippen molar-refractivity contribution in [2.24, 2.45) is 5.92 Å². The number of nitrogens with one attached hydrogen (secondary N) is 1. The van der Waals surface area contributed by atoms with E-state index in [9.17, 15) is 22.0 Å². The molecule has 1 atom stereocenters. The van der Waals surface area contributed by atoms with Crippen LogP contribution >= 0.6 is 11.6 Å². The van der Waals surface area contributed by atoms with Crippen LogP contribution in [-0.4, -0.2) is 49.8 Å². The second kappa shape index (κ2) is 8.72. The molecule has 2 fully saturated rings. The first kappa shape index (κ1) is 22.0. The smallest absolute Gasteiger partial charge is 0.317 e. The number of urea groups is 1. The van der Waals surface area contributed by atoms with Gasteiger partial charge in [-0.2, -0.15) is 4.31 Å². The fraction of sp³-hybridized carbons (Fsp3) is 0.381. The van der Waals surface area contributed by atoms with Crippen molar-refractivity contribution >= 4 is 27.7 Å². The Balaban J connectivity index is 1.40. The lowest BCUT2D eigenvalue weighted by Crippen LogP contribution is -2.53. The van der Waals surface area contributed by atoms with Crippen LogP contribution in [0.2, 0.25) is 5.02 Å². The Labute approximate surface area is 184 Å². The highest BCUT2D eigenvalue weighted by atomic mass is 35.5. The summed E-state index contributed by atoms with van der Waals surface area (Å²) < 4.78 is 53.9. The van der Waals surface area contributed by atoms with Gasteiger partial charge in [-0.25, -0.2) is 22.0 Å². The summed E-state index contributed by atoms with van der Waals surface area (Å²) in [7, 11) is -4.19. The highest BCUT2D eigenvalue weighted by Crippen LogP contribution is 2.41. The molecule has 166 valence electrons. The number of sulfonamides is 1. The van der Waals surface area contributed by atoms with Crippen LogP contribution in [0.1, 0.15) is 24.4 Å². The van der Waals surface area contributed by atoms with Crippen LogP contribution in [0.3, 0.4) is 0 Å². The lowest BCUT2D eigenvalue weighted by atomic mass is 10.0. The summed E-state index contributed by atoms with van der Waals surface area (Å²) in [4.78, 5) is 13.7. The minimum Gasteiger partial charge on any atom is -0.331 e. The van der Waals surface area contributed by atoms with Crippen molar-refractivity contribution in [3.63, 3.8) is 0 Å². The average Bonchev–Trinajstić information content (AvgIpc) is 3.59. The number of rotatable bonds is 5. The van der Waals surface area contributed by atoms with E-state index in [1.807, 2.05) is 12.1 Å². The van der Waals surface area contributed by atoms with E-state index in [-0.39, 0.29) is 38.3 Å². The van der Waals surface area contributed by atoms with Gasteiger partial charge in [-0.3, -0.25) is 0 Å². The van der Waals surface area contributed by atoms with Crippen LogP contribution in [0.15, 0.2) is 47.4 Å². The first-order chi connectivity index (χ1) is 14.8. The minimum absolute atomic E-state index is 0.000741. The van der Waals surface area contributed by atoms with Gasteiger partial charge in [0.15, 0.2) is 0 Å². The van der Waals surface area contributed by atoms with E-state index < -0.39 is 26.6 Å². The Hall–Kier alpha value is -2.23. The van der Waals surface area contributed by atoms with Crippen molar-refractivity contribution in [1.29, 1.82) is 0 Å². The van der Waals surface area contributed by atoms with Crippen molar-refractivity contribution in [3.8, 4) is 0 Å². The third kappa shape index (κ3) is 4.83. The Morgan fingerprint density at radius 3 is 2.29 bits per heavy atom. The summed E-state index contributed by atoms with van der Waals surface area (Å²) in [5.41, 5.74) is 0.975. The van der Waals surface area contributed by atoms with Gasteiger partial charge in [-0.1, -0.05) is 23.7 Å². The van der Waals surface area contributed by atoms with Crippen LogP contribution < -0.4 is 5.32 Å². The van der Waals surface area contributed by atoms with Gasteiger partial charge >= 0.3 is 6.03 Å². The zero-order valence-electron chi connectivity index (χ0n) is 16.6. The second-order valence-corrected chi connectivity index (χ2v) is 10.1. The number of piperazine rings is 1. The highest BCUT2D eigenvalue weighted by molar-refractivity contribution is 7.89. The Kier molecular flexibility index (Phi) is 6.18. The number of carbonyl (C=O) groups is 1. The molecule has 0 spiro atoms. The van der Waals surface area contributed by atoms with Gasteiger partial charge < -0.3 is 10.2 Å². The monoisotopic (exact) mass is 469 g/mol. The van der Waals surface area contributed by atoms with E-state index in [1.165, 1.54) is 0 Å². The molecule has 2 amide bonds. The molecule has 6 nitrogen and oxygen atoms in total. The quantitative estimate of drug-likeness (QED) is 0.724. The van der Waals surface area contributed by atoms with E-state index in [0.29, 0.717) is 17.0 Å². The lowest BCUT2D eigenvalue weighted by molar-refractivity contribution is 0.167. The Morgan fingerprint density at radius 1 is 1.03 bits per heavy atom. The molecular formula is C21H22ClF2N3O3S. The summed E-state index contributed by atoms with van der Waals surface area (Å²) in [5.74, 6) is -1.47. The molecule has 0 aromatic heterocycles. The summed E-state index contributed by atoms with van der Waals surface area (Å²) in [5, 5.41) is 3.67. The van der Waals surface area contributed by atoms with Gasteiger partial charge in [0.1, 0.15) is 16.5 Å². The van der Waals surface area contributed by atoms with Crippen LogP contribution in [-0.2, 0) is 10.0 Å². The Morgan fingerprint density at radius 2 is 1.68 bits per heavy atom. The molecule has 1 N–H and O–H groups in total. The fourth-order valence-electron chi connectivity index (χ4n) is 3.74. The maximum atomic E-state index is 14.0. The van der Waals surface area contributed by atoms with Crippen molar-refractivity contribution in [3.05, 3.63) is 64.7 Å². The topological polar surface area (TPSA) is 69.7 Å². The van der Waals surface area contributed by atoms with Gasteiger partial charge in [0.2, 0.25) is 10.0 Å². The van der Waals surface area contributed by atoms with Crippen LogP contribution in [0.5, 0.6) is 0 Å². The van der Waals surface area contributed by atoms with E-state index in [0.717, 1.165) is 34.8 Å². The summed E-state index contributed by atoms with van der Waals surface area (Å²) in [6.07, 6.45) is 2.05. The maximum Gasteiger partial charge on any atom is 0.317 e. The van der Waals surface area contributed by atoms with Gasteiger partial charge in [0, 0.05) is 31.2 Å². The van der Waals surface area contributed by atoms with Crippen LogP contribution in [0.4, 0.5) is 13.6 Å². The number of halogens is 3. The van der Waals surface area contributed by atoms with Crippen molar-refractivity contribution in [2.75, 3.05) is 26.2 Å². The minimum atomic E-state index is -4.19. The zero-order valence-corrected chi connectivity index (χ0v) is 18.2. The molecule has 31 heavy (non-hydrogen) atoms. The number of amides is 2. The predicted molar refractivity (Wildman–Crippen MR) is 112 cm³/mol. The van der Waals surface area contributed by atoms with Crippen molar-refractivity contribution in [1.82, 2.24) is 14.5 Å². The number of carbonyl (C=O) groups excluding carboxylic acids is 1. The molecule has 0 bridgehead atoms. The fourth-order valence-corrected chi connectivity index (χ4v) is 5.37. The number of hydrogen-bond donors (Lipinski definition) is 1. The molecule has 4 rings (SSSR count). The van der Waals surface area contributed by atoms with Gasteiger partial charge in [0.25, 0.3) is 0 Å². The van der Waals surface area contributed by atoms with Crippen molar-refractivity contribution < 1.29 is 22.0 Å². The SMILES string of the molecule is O=C(N[C@@H](c1ccc(Cl)cc1)C1CC1)N1CCN(S(=O)(=O)c2cc(F)ccc2F)CC1. The normalized spacial score (nSPS) is 18.6. The maximum absolute atomic E-state index is 14.0. The number of hydrogen-bond acceptors (Lipinski definition) is 3. The summed E-state index contributed by atoms with van der Waals surface area (Å²) in [6.45, 7) is 0.307. The molecule has 2 aromatic rings. The summed E-state index contributed by atoms with van der Waals surface area (Å²) >= 11 is 5.96. The first-order valence-corrected chi connectivity index (χ1v) is 11.8. The Bertz CT molecular complexity index is 1070. The standard InChI is InChI=1S/C21H22ClF2N3O3S/c22-16-5-3-15(4-6-16)20(14-1-2-14)25-21(28)26-9-11-27(12-10-26)31(29,30)19-13-17(23)7-8-18(19)24/h3-8,13-14,20H,1-2,9-12H2,(H,25,28)/t20-/m1/s1. The lowest BCUT2D eigenvalue weighted by Gasteiger charge is -2.35. The molecular weight excluding hydrogens is 448 g/mol. The third-order valence-corrected chi connectivity index (χ3v) is 7.80. The zero-order chi connectivity index (χ0) is 22.2. The van der Waals surface area contributed by atoms with Gasteiger partial charge in [0.05, 0.1) is 6.04 Å². The van der Waals surface area contributed by atoms with Gasteiger partial charge in [-0.15, -0.1) is 0 Å². The third-order valence-electron chi connectivity index (χ3n) is 5.64. The highest BCUT2D eigenvalue weighted by Gasteiger charge is 2.36. The molecule has 1 saturated heterocycles. The van der Waals surface area contributed by atoms with E-state index in [4.69, 9.17) is 11.6 Å².